The van der Waals surface area contributed by atoms with Crippen LogP contribution in [0.25, 0.3) is 11.4 Å². The van der Waals surface area contributed by atoms with Gasteiger partial charge < -0.3 is 5.32 Å². The van der Waals surface area contributed by atoms with Crippen molar-refractivity contribution < 1.29 is 0 Å². The molecule has 0 aliphatic carbocycles. The smallest absolute Gasteiger partial charge is 0.161 e. The van der Waals surface area contributed by atoms with Crippen molar-refractivity contribution in [2.75, 3.05) is 11.9 Å². The molecule has 0 fully saturated rings. The Bertz CT molecular complexity index is 569. The van der Waals surface area contributed by atoms with Crippen molar-refractivity contribution in [2.45, 2.75) is 33.6 Å². The molecule has 0 atom stereocenters. The van der Waals surface area contributed by atoms with Gasteiger partial charge in [-0.3, -0.25) is 0 Å². The molecule has 0 aliphatic rings. The van der Waals surface area contributed by atoms with Crippen LogP contribution in [-0.2, 0) is 6.42 Å². The van der Waals surface area contributed by atoms with Gasteiger partial charge in [-0.25, -0.2) is 9.97 Å². The van der Waals surface area contributed by atoms with Crippen molar-refractivity contribution in [3.05, 3.63) is 40.0 Å². The van der Waals surface area contributed by atoms with Crippen LogP contribution in [0.2, 0.25) is 0 Å². The second kappa shape index (κ2) is 6.84. The number of rotatable bonds is 5. The summed E-state index contributed by atoms with van der Waals surface area (Å²) < 4.78 is 0.984. The predicted molar refractivity (Wildman–Crippen MR) is 88.1 cm³/mol. The Labute approximate surface area is 129 Å². The predicted octanol–water partition coefficient (Wildman–Crippen LogP) is 4.60. The van der Waals surface area contributed by atoms with Crippen LogP contribution in [0.4, 0.5) is 5.82 Å². The molecule has 0 aliphatic heterocycles. The molecule has 0 amide bonds. The van der Waals surface area contributed by atoms with Gasteiger partial charge >= 0.3 is 0 Å². The van der Waals surface area contributed by atoms with Gasteiger partial charge in [0.05, 0.1) is 10.2 Å². The summed E-state index contributed by atoms with van der Waals surface area (Å²) in [5.74, 6) is 1.67. The Hall–Kier alpha value is -1.42. The Kier molecular flexibility index (Phi) is 5.12. The molecule has 2 aromatic rings. The molecule has 0 unspecified atom stereocenters. The van der Waals surface area contributed by atoms with Gasteiger partial charge in [-0.15, -0.1) is 0 Å². The number of aromatic nitrogens is 2. The molecule has 3 nitrogen and oxygen atoms in total. The van der Waals surface area contributed by atoms with E-state index in [0.29, 0.717) is 0 Å². The van der Waals surface area contributed by atoms with E-state index in [-0.39, 0.29) is 0 Å². The van der Waals surface area contributed by atoms with Gasteiger partial charge in [0.25, 0.3) is 0 Å². The second-order valence-corrected chi connectivity index (χ2v) is 5.60. The molecule has 0 saturated heterocycles. The standard InChI is InChI=1S/C16H20BrN3/c1-4-7-13-14(17)16(18-5-2)20-15(19-13)12-9-6-8-11(3)10-12/h6,8-10H,4-5,7H2,1-3H3,(H,18,19,20). The lowest BCUT2D eigenvalue weighted by Gasteiger charge is -2.12. The van der Waals surface area contributed by atoms with Gasteiger partial charge in [0.1, 0.15) is 5.82 Å². The Morgan fingerprint density at radius 3 is 2.65 bits per heavy atom. The van der Waals surface area contributed by atoms with E-state index in [1.165, 1.54) is 5.56 Å². The van der Waals surface area contributed by atoms with Gasteiger partial charge in [0.15, 0.2) is 5.82 Å². The summed E-state index contributed by atoms with van der Waals surface area (Å²) in [6, 6.07) is 8.30. The molecule has 0 radical (unpaired) electrons. The van der Waals surface area contributed by atoms with Gasteiger partial charge in [0.2, 0.25) is 0 Å². The summed E-state index contributed by atoms with van der Waals surface area (Å²) in [4.78, 5) is 9.37. The SMILES string of the molecule is CCCc1nc(-c2cccc(C)c2)nc(NCC)c1Br. The maximum absolute atomic E-state index is 4.72. The minimum Gasteiger partial charge on any atom is -0.369 e. The van der Waals surface area contributed by atoms with Crippen molar-refractivity contribution in [3.8, 4) is 11.4 Å². The summed E-state index contributed by atoms with van der Waals surface area (Å²) >= 11 is 3.62. The minimum atomic E-state index is 0.788. The lowest BCUT2D eigenvalue weighted by Crippen LogP contribution is -2.06. The first-order valence-corrected chi connectivity index (χ1v) is 7.82. The fraction of sp³-hybridized carbons (Fsp3) is 0.375. The molecule has 1 aromatic heterocycles. The highest BCUT2D eigenvalue weighted by atomic mass is 79.9. The Morgan fingerprint density at radius 1 is 1.20 bits per heavy atom. The topological polar surface area (TPSA) is 37.8 Å². The second-order valence-electron chi connectivity index (χ2n) is 4.81. The monoisotopic (exact) mass is 333 g/mol. The first kappa shape index (κ1) is 15.0. The molecule has 1 aromatic carbocycles. The van der Waals surface area contributed by atoms with Gasteiger partial charge in [-0.2, -0.15) is 0 Å². The number of halogens is 1. The average molecular weight is 334 g/mol. The van der Waals surface area contributed by atoms with Crippen molar-refractivity contribution in [2.24, 2.45) is 0 Å². The summed E-state index contributed by atoms with van der Waals surface area (Å²) in [5, 5.41) is 3.30. The number of hydrogen-bond acceptors (Lipinski definition) is 3. The molecule has 0 spiro atoms. The zero-order valence-electron chi connectivity index (χ0n) is 12.2. The maximum Gasteiger partial charge on any atom is 0.161 e. The van der Waals surface area contributed by atoms with Crippen LogP contribution in [0.15, 0.2) is 28.7 Å². The normalized spacial score (nSPS) is 10.6. The highest BCUT2D eigenvalue weighted by molar-refractivity contribution is 9.10. The number of nitrogens with zero attached hydrogens (tertiary/aromatic N) is 2. The lowest BCUT2D eigenvalue weighted by molar-refractivity contribution is 0.867. The quantitative estimate of drug-likeness (QED) is 0.868. The molecule has 20 heavy (non-hydrogen) atoms. The number of benzene rings is 1. The zero-order chi connectivity index (χ0) is 14.5. The van der Waals surface area contributed by atoms with E-state index < -0.39 is 0 Å². The minimum absolute atomic E-state index is 0.788. The van der Waals surface area contributed by atoms with E-state index in [1.807, 2.05) is 6.07 Å². The molecular formula is C16H20BrN3. The van der Waals surface area contributed by atoms with Crippen LogP contribution < -0.4 is 5.32 Å². The van der Waals surface area contributed by atoms with Crippen molar-refractivity contribution in [3.63, 3.8) is 0 Å². The van der Waals surface area contributed by atoms with Crippen molar-refractivity contribution in [1.82, 2.24) is 9.97 Å². The number of anilines is 1. The highest BCUT2D eigenvalue weighted by Crippen LogP contribution is 2.28. The molecule has 106 valence electrons. The van der Waals surface area contributed by atoms with Crippen LogP contribution in [0.1, 0.15) is 31.5 Å². The first-order chi connectivity index (χ1) is 9.65. The van der Waals surface area contributed by atoms with Crippen LogP contribution >= 0.6 is 15.9 Å². The molecule has 1 heterocycles. The molecule has 4 heteroatoms. The van der Waals surface area contributed by atoms with E-state index in [9.17, 15) is 0 Å². The van der Waals surface area contributed by atoms with Gasteiger partial charge in [-0.05, 0) is 42.3 Å². The number of hydrogen-bond donors (Lipinski definition) is 1. The summed E-state index contributed by atoms with van der Waals surface area (Å²) in [6.07, 6.45) is 2.01. The molecular weight excluding hydrogens is 314 g/mol. The summed E-state index contributed by atoms with van der Waals surface area (Å²) in [5.41, 5.74) is 3.35. The molecule has 0 bridgehead atoms. The van der Waals surface area contributed by atoms with Crippen LogP contribution in [-0.4, -0.2) is 16.5 Å². The fourth-order valence-corrected chi connectivity index (χ4v) is 2.61. The van der Waals surface area contributed by atoms with Crippen LogP contribution in [0, 0.1) is 6.92 Å². The van der Waals surface area contributed by atoms with E-state index in [0.717, 1.165) is 46.8 Å². The van der Waals surface area contributed by atoms with Gasteiger partial charge in [-0.1, -0.05) is 37.1 Å². The number of nitrogens with one attached hydrogen (secondary N) is 1. The Balaban J connectivity index is 2.52. The third-order valence-electron chi connectivity index (χ3n) is 3.03. The van der Waals surface area contributed by atoms with E-state index in [2.05, 4.69) is 65.2 Å². The van der Waals surface area contributed by atoms with E-state index in [4.69, 9.17) is 4.98 Å². The third kappa shape index (κ3) is 3.37. The van der Waals surface area contributed by atoms with Crippen molar-refractivity contribution >= 4 is 21.7 Å². The van der Waals surface area contributed by atoms with Crippen LogP contribution in [0.5, 0.6) is 0 Å². The highest BCUT2D eigenvalue weighted by Gasteiger charge is 2.12. The Morgan fingerprint density at radius 2 is 2.00 bits per heavy atom. The van der Waals surface area contributed by atoms with Crippen LogP contribution in [0.3, 0.4) is 0 Å². The molecule has 2 rings (SSSR count). The van der Waals surface area contributed by atoms with Crippen molar-refractivity contribution in [1.29, 1.82) is 0 Å². The summed E-state index contributed by atoms with van der Waals surface area (Å²) in [6.45, 7) is 7.16. The first-order valence-electron chi connectivity index (χ1n) is 7.03. The number of aryl methyl sites for hydroxylation is 2. The summed E-state index contributed by atoms with van der Waals surface area (Å²) in [7, 11) is 0. The van der Waals surface area contributed by atoms with E-state index in [1.54, 1.807) is 0 Å². The average Bonchev–Trinajstić information content (AvgIpc) is 2.43. The molecule has 0 saturated carbocycles. The van der Waals surface area contributed by atoms with E-state index >= 15 is 0 Å². The maximum atomic E-state index is 4.72. The third-order valence-corrected chi connectivity index (χ3v) is 3.86. The van der Waals surface area contributed by atoms with Gasteiger partial charge in [0, 0.05) is 12.1 Å². The largest absolute Gasteiger partial charge is 0.369 e. The fourth-order valence-electron chi connectivity index (χ4n) is 2.09. The zero-order valence-corrected chi connectivity index (χ0v) is 13.8. The lowest BCUT2D eigenvalue weighted by atomic mass is 10.1. The molecule has 1 N–H and O–H groups in total.